The van der Waals surface area contributed by atoms with Crippen molar-refractivity contribution in [1.82, 2.24) is 9.55 Å². The number of nitrogens with zero attached hydrogens (tertiary/aromatic N) is 2. The maximum absolute atomic E-state index is 12.4. The van der Waals surface area contributed by atoms with Crippen LogP contribution in [0.1, 0.15) is 27.7 Å². The van der Waals surface area contributed by atoms with Crippen LogP contribution in [0.25, 0.3) is 21.6 Å². The van der Waals surface area contributed by atoms with Gasteiger partial charge < -0.3 is 4.57 Å². The predicted octanol–water partition coefficient (Wildman–Crippen LogP) is 3.00. The predicted molar refractivity (Wildman–Crippen MR) is 83.2 cm³/mol. The molecule has 21 heavy (non-hydrogen) atoms. The summed E-state index contributed by atoms with van der Waals surface area (Å²) in [6.07, 6.45) is 0. The van der Waals surface area contributed by atoms with Crippen LogP contribution in [0.3, 0.4) is 0 Å². The Hall–Kier alpha value is -2.27. The van der Waals surface area contributed by atoms with E-state index < -0.39 is 0 Å². The molecule has 0 unspecified atom stereocenters. The van der Waals surface area contributed by atoms with Crippen LogP contribution in [0.15, 0.2) is 29.1 Å². The normalized spacial score (nSPS) is 12.5. The number of thiophene rings is 1. The molecule has 0 atom stereocenters. The summed E-state index contributed by atoms with van der Waals surface area (Å²) in [5.41, 5.74) is 2.68. The molecule has 0 N–H and O–H groups in total. The van der Waals surface area contributed by atoms with E-state index in [1.807, 2.05) is 35.8 Å². The van der Waals surface area contributed by atoms with Crippen LogP contribution in [-0.2, 0) is 6.54 Å². The van der Waals surface area contributed by atoms with E-state index in [0.29, 0.717) is 22.6 Å². The number of aromatic nitrogens is 2. The fourth-order valence-electron chi connectivity index (χ4n) is 2.98. The molecule has 3 heterocycles. The van der Waals surface area contributed by atoms with Crippen molar-refractivity contribution >= 4 is 27.3 Å². The summed E-state index contributed by atoms with van der Waals surface area (Å²) in [6, 6.07) is 7.97. The highest BCUT2D eigenvalue weighted by atomic mass is 32.1. The Morgan fingerprint density at radius 2 is 2.10 bits per heavy atom. The Balaban J connectivity index is 2.14. The second-order valence-corrected chi connectivity index (χ2v) is 6.28. The Morgan fingerprint density at radius 1 is 1.33 bits per heavy atom. The van der Waals surface area contributed by atoms with Crippen molar-refractivity contribution in [2.75, 3.05) is 0 Å². The average Bonchev–Trinajstić information content (AvgIpc) is 2.98. The largest absolute Gasteiger partial charge is 0.312 e. The summed E-state index contributed by atoms with van der Waals surface area (Å²) < 4.78 is 2.05. The van der Waals surface area contributed by atoms with Crippen LogP contribution < -0.4 is 5.56 Å². The zero-order valence-corrected chi connectivity index (χ0v) is 12.5. The highest BCUT2D eigenvalue weighted by molar-refractivity contribution is 7.20. The van der Waals surface area contributed by atoms with Crippen LogP contribution >= 0.6 is 11.3 Å². The van der Waals surface area contributed by atoms with E-state index >= 15 is 0 Å². The second kappa shape index (κ2) is 4.11. The fraction of sp³-hybridized carbons (Fsp3) is 0.188. The second-order valence-electron chi connectivity index (χ2n) is 5.28. The van der Waals surface area contributed by atoms with Crippen LogP contribution in [0.4, 0.5) is 0 Å². The number of ketones is 1. The zero-order chi connectivity index (χ0) is 14.7. The SMILES string of the molecule is CC(=O)c1sc2c(c1C)c(=O)nc1n2Cc2ccccc2-1. The fourth-order valence-corrected chi connectivity index (χ4v) is 4.18. The summed E-state index contributed by atoms with van der Waals surface area (Å²) >= 11 is 1.40. The van der Waals surface area contributed by atoms with Gasteiger partial charge in [-0.3, -0.25) is 9.59 Å². The summed E-state index contributed by atoms with van der Waals surface area (Å²) in [4.78, 5) is 29.9. The first-order chi connectivity index (χ1) is 10.1. The molecule has 1 aliphatic heterocycles. The van der Waals surface area contributed by atoms with Crippen molar-refractivity contribution in [2.45, 2.75) is 20.4 Å². The summed E-state index contributed by atoms with van der Waals surface area (Å²) in [7, 11) is 0. The molecule has 0 bridgehead atoms. The van der Waals surface area contributed by atoms with Gasteiger partial charge in [0.15, 0.2) is 5.78 Å². The van der Waals surface area contributed by atoms with Gasteiger partial charge in [0.05, 0.1) is 16.8 Å². The molecule has 4 nitrogen and oxygen atoms in total. The van der Waals surface area contributed by atoms with Crippen LogP contribution in [0.5, 0.6) is 0 Å². The number of hydrogen-bond donors (Lipinski definition) is 0. The van der Waals surface area contributed by atoms with Crippen molar-refractivity contribution in [1.29, 1.82) is 0 Å². The third-order valence-corrected chi connectivity index (χ3v) is 5.37. The van der Waals surface area contributed by atoms with Gasteiger partial charge in [0.2, 0.25) is 0 Å². The first-order valence-electron chi connectivity index (χ1n) is 6.71. The molecule has 3 aromatic rings. The average molecular weight is 296 g/mol. The van der Waals surface area contributed by atoms with Gasteiger partial charge in [-0.25, -0.2) is 0 Å². The standard InChI is InChI=1S/C16H12N2O2S/c1-8-12-15(20)17-14-11-6-4-3-5-10(11)7-18(14)16(12)21-13(8)9(2)19/h3-6H,7H2,1-2H3. The number of rotatable bonds is 1. The number of hydrogen-bond acceptors (Lipinski definition) is 4. The van der Waals surface area contributed by atoms with E-state index in [-0.39, 0.29) is 11.3 Å². The van der Waals surface area contributed by atoms with Crippen molar-refractivity contribution < 1.29 is 4.79 Å². The molecule has 104 valence electrons. The molecule has 0 spiro atoms. The summed E-state index contributed by atoms with van der Waals surface area (Å²) in [5.74, 6) is 0.706. The van der Waals surface area contributed by atoms with Gasteiger partial charge in [-0.1, -0.05) is 24.3 Å². The first kappa shape index (κ1) is 12.5. The number of carbonyl (C=O) groups is 1. The molecular weight excluding hydrogens is 284 g/mol. The van der Waals surface area contributed by atoms with Crippen LogP contribution in [-0.4, -0.2) is 15.3 Å². The van der Waals surface area contributed by atoms with Crippen molar-refractivity contribution in [3.8, 4) is 11.4 Å². The Kier molecular flexibility index (Phi) is 2.44. The van der Waals surface area contributed by atoms with E-state index in [9.17, 15) is 9.59 Å². The van der Waals surface area contributed by atoms with Crippen molar-refractivity contribution in [3.05, 3.63) is 50.6 Å². The lowest BCUT2D eigenvalue weighted by Crippen LogP contribution is -2.12. The van der Waals surface area contributed by atoms with Gasteiger partial charge in [-0.15, -0.1) is 11.3 Å². The molecule has 4 rings (SSSR count). The molecule has 2 aromatic heterocycles. The minimum Gasteiger partial charge on any atom is -0.312 e. The quantitative estimate of drug-likeness (QED) is 0.507. The van der Waals surface area contributed by atoms with Gasteiger partial charge >= 0.3 is 0 Å². The van der Waals surface area contributed by atoms with E-state index in [0.717, 1.165) is 21.5 Å². The monoisotopic (exact) mass is 296 g/mol. The Bertz CT molecular complexity index is 982. The Morgan fingerprint density at radius 3 is 2.86 bits per heavy atom. The van der Waals surface area contributed by atoms with E-state index in [4.69, 9.17) is 0 Å². The third-order valence-electron chi connectivity index (χ3n) is 3.96. The highest BCUT2D eigenvalue weighted by Crippen LogP contribution is 2.36. The van der Waals surface area contributed by atoms with E-state index in [2.05, 4.69) is 4.98 Å². The number of benzene rings is 1. The topological polar surface area (TPSA) is 52.0 Å². The molecule has 5 heteroatoms. The summed E-state index contributed by atoms with van der Waals surface area (Å²) in [5, 5.41) is 0.585. The van der Waals surface area contributed by atoms with Gasteiger partial charge in [0.1, 0.15) is 10.7 Å². The smallest absolute Gasteiger partial charge is 0.282 e. The number of aryl methyl sites for hydroxylation is 1. The van der Waals surface area contributed by atoms with Gasteiger partial charge in [-0.2, -0.15) is 4.98 Å². The minimum absolute atomic E-state index is 0.00189. The van der Waals surface area contributed by atoms with Gasteiger partial charge in [0, 0.05) is 5.56 Å². The summed E-state index contributed by atoms with van der Waals surface area (Å²) in [6.45, 7) is 4.07. The van der Waals surface area contributed by atoms with E-state index in [1.54, 1.807) is 0 Å². The molecular formula is C16H12N2O2S. The lowest BCUT2D eigenvalue weighted by Gasteiger charge is -2.04. The molecule has 0 radical (unpaired) electrons. The first-order valence-corrected chi connectivity index (χ1v) is 7.52. The maximum Gasteiger partial charge on any atom is 0.282 e. The van der Waals surface area contributed by atoms with Crippen LogP contribution in [0, 0.1) is 6.92 Å². The third kappa shape index (κ3) is 1.58. The van der Waals surface area contributed by atoms with Gasteiger partial charge in [-0.05, 0) is 25.0 Å². The zero-order valence-electron chi connectivity index (χ0n) is 11.6. The molecule has 0 fully saturated rings. The molecule has 0 aliphatic carbocycles. The number of fused-ring (bicyclic) bond motifs is 5. The van der Waals surface area contributed by atoms with Crippen LogP contribution in [0.2, 0.25) is 0 Å². The van der Waals surface area contributed by atoms with Gasteiger partial charge in [0.25, 0.3) is 5.56 Å². The number of Topliss-reactive ketones (excluding diaryl/α,β-unsaturated/α-hetero) is 1. The Labute approximate surface area is 124 Å². The molecule has 0 saturated heterocycles. The van der Waals surface area contributed by atoms with Crippen molar-refractivity contribution in [3.63, 3.8) is 0 Å². The minimum atomic E-state index is -0.241. The number of carbonyl (C=O) groups excluding carboxylic acids is 1. The van der Waals surface area contributed by atoms with E-state index in [1.165, 1.54) is 18.3 Å². The van der Waals surface area contributed by atoms with Crippen molar-refractivity contribution in [2.24, 2.45) is 0 Å². The highest BCUT2D eigenvalue weighted by Gasteiger charge is 2.25. The maximum atomic E-state index is 12.4. The lowest BCUT2D eigenvalue weighted by atomic mass is 10.1. The molecule has 0 amide bonds. The molecule has 1 aliphatic rings. The molecule has 1 aromatic carbocycles. The molecule has 0 saturated carbocycles. The lowest BCUT2D eigenvalue weighted by molar-refractivity contribution is 0.102.